The van der Waals surface area contributed by atoms with Crippen molar-refractivity contribution in [1.82, 2.24) is 5.43 Å². The van der Waals surface area contributed by atoms with Gasteiger partial charge >= 0.3 is 5.97 Å². The van der Waals surface area contributed by atoms with Crippen LogP contribution in [-0.4, -0.2) is 42.6 Å². The summed E-state index contributed by atoms with van der Waals surface area (Å²) in [7, 11) is 1.51. The standard InChI is InChI=1S/C33H28N4O8/c1-3-44-30-18-23(13-15-29(30)45-31(38)16-14-22-7-4-11-27(17-22)37(41)42)21-34-36-33(40)24-8-5-10-26(19-24)35-32(39)25-9-6-12-28(20-25)43-2/h4-21H,3H2,1-2H3,(H,35,39)(H,36,40)/b16-14+,34-21?. The number of anilines is 1. The minimum absolute atomic E-state index is 0.0971. The molecule has 0 aliphatic carbocycles. The molecule has 2 N–H and O–H groups in total. The predicted molar refractivity (Wildman–Crippen MR) is 168 cm³/mol. The maximum atomic E-state index is 12.7. The quantitative estimate of drug-likeness (QED) is 0.0522. The zero-order chi connectivity index (χ0) is 32.2. The van der Waals surface area contributed by atoms with Crippen LogP contribution in [0, 0.1) is 10.1 Å². The summed E-state index contributed by atoms with van der Waals surface area (Å²) in [6.07, 6.45) is 3.95. The van der Waals surface area contributed by atoms with E-state index in [1.54, 1.807) is 67.6 Å². The number of non-ortho nitro benzene ring substituents is 1. The van der Waals surface area contributed by atoms with Crippen molar-refractivity contribution in [3.8, 4) is 17.2 Å². The number of rotatable bonds is 12. The van der Waals surface area contributed by atoms with Gasteiger partial charge in [-0.25, -0.2) is 10.2 Å². The lowest BCUT2D eigenvalue weighted by Crippen LogP contribution is -2.18. The van der Waals surface area contributed by atoms with Gasteiger partial charge in [-0.2, -0.15) is 5.10 Å². The molecule has 0 spiro atoms. The molecule has 0 radical (unpaired) electrons. The summed E-state index contributed by atoms with van der Waals surface area (Å²) in [6, 6.07) is 23.6. The van der Waals surface area contributed by atoms with Crippen molar-refractivity contribution in [2.45, 2.75) is 6.92 Å². The average molecular weight is 609 g/mol. The zero-order valence-corrected chi connectivity index (χ0v) is 24.3. The van der Waals surface area contributed by atoms with Crippen LogP contribution in [0.4, 0.5) is 11.4 Å². The number of amides is 2. The molecule has 4 aromatic carbocycles. The third-order valence-electron chi connectivity index (χ3n) is 6.07. The largest absolute Gasteiger partial charge is 0.497 e. The number of hydrogen-bond acceptors (Lipinski definition) is 9. The molecule has 0 heterocycles. The second kappa shape index (κ2) is 15.3. The van der Waals surface area contributed by atoms with Crippen molar-refractivity contribution in [3.05, 3.63) is 129 Å². The van der Waals surface area contributed by atoms with Crippen LogP contribution in [0.5, 0.6) is 17.2 Å². The first-order valence-corrected chi connectivity index (χ1v) is 13.6. The third kappa shape index (κ3) is 9.09. The van der Waals surface area contributed by atoms with Crippen molar-refractivity contribution in [2.24, 2.45) is 5.10 Å². The fourth-order valence-corrected chi connectivity index (χ4v) is 3.94. The number of carbonyl (C=O) groups is 3. The van der Waals surface area contributed by atoms with E-state index in [1.807, 2.05) is 0 Å². The Balaban J connectivity index is 1.37. The van der Waals surface area contributed by atoms with Gasteiger partial charge in [-0.1, -0.05) is 24.3 Å². The molecule has 0 unspecified atom stereocenters. The molecule has 0 aromatic heterocycles. The first-order chi connectivity index (χ1) is 21.7. The number of nitrogens with one attached hydrogen (secondary N) is 2. The van der Waals surface area contributed by atoms with Gasteiger partial charge in [-0.05, 0) is 78.7 Å². The molecule has 228 valence electrons. The number of benzene rings is 4. The van der Waals surface area contributed by atoms with Gasteiger partial charge in [0.2, 0.25) is 0 Å². The van der Waals surface area contributed by atoms with Gasteiger partial charge < -0.3 is 19.5 Å². The molecule has 12 nitrogen and oxygen atoms in total. The summed E-state index contributed by atoms with van der Waals surface area (Å²) in [5.41, 5.74) is 4.44. The highest BCUT2D eigenvalue weighted by Gasteiger charge is 2.12. The lowest BCUT2D eigenvalue weighted by atomic mass is 10.1. The first-order valence-electron chi connectivity index (χ1n) is 13.6. The second-order valence-corrected chi connectivity index (χ2v) is 9.21. The van der Waals surface area contributed by atoms with E-state index in [2.05, 4.69) is 15.8 Å². The highest BCUT2D eigenvalue weighted by atomic mass is 16.6. The normalized spacial score (nSPS) is 10.8. The summed E-state index contributed by atoms with van der Waals surface area (Å²) < 4.78 is 16.2. The fourth-order valence-electron chi connectivity index (χ4n) is 3.94. The molecule has 0 aliphatic heterocycles. The van der Waals surface area contributed by atoms with Crippen LogP contribution < -0.4 is 25.0 Å². The summed E-state index contributed by atoms with van der Waals surface area (Å²) in [5, 5.41) is 17.7. The number of esters is 1. The molecule has 2 amide bonds. The average Bonchev–Trinajstić information content (AvgIpc) is 3.05. The van der Waals surface area contributed by atoms with E-state index >= 15 is 0 Å². The Morgan fingerprint density at radius 3 is 2.38 bits per heavy atom. The van der Waals surface area contributed by atoms with Gasteiger partial charge in [0.1, 0.15) is 5.75 Å². The Morgan fingerprint density at radius 2 is 1.62 bits per heavy atom. The van der Waals surface area contributed by atoms with Crippen LogP contribution >= 0.6 is 0 Å². The summed E-state index contributed by atoms with van der Waals surface area (Å²) in [4.78, 5) is 48.2. The minimum Gasteiger partial charge on any atom is -0.497 e. The maximum absolute atomic E-state index is 12.7. The summed E-state index contributed by atoms with van der Waals surface area (Å²) in [5.74, 6) is -0.607. The summed E-state index contributed by atoms with van der Waals surface area (Å²) in [6.45, 7) is 2.05. The number of ether oxygens (including phenoxy) is 3. The number of hydrogen-bond donors (Lipinski definition) is 2. The van der Waals surface area contributed by atoms with Crippen LogP contribution in [0.25, 0.3) is 6.08 Å². The Morgan fingerprint density at radius 1 is 0.867 bits per heavy atom. The van der Waals surface area contributed by atoms with E-state index in [0.29, 0.717) is 28.1 Å². The van der Waals surface area contributed by atoms with Crippen molar-refractivity contribution in [3.63, 3.8) is 0 Å². The smallest absolute Gasteiger partial charge is 0.336 e. The Labute approximate surface area is 258 Å². The molecule has 0 aliphatic rings. The van der Waals surface area contributed by atoms with Gasteiger partial charge in [0.15, 0.2) is 11.5 Å². The van der Waals surface area contributed by atoms with E-state index < -0.39 is 16.8 Å². The van der Waals surface area contributed by atoms with Crippen molar-refractivity contribution in [2.75, 3.05) is 19.0 Å². The lowest BCUT2D eigenvalue weighted by molar-refractivity contribution is -0.384. The molecule has 4 rings (SSSR count). The molecule has 12 heteroatoms. The van der Waals surface area contributed by atoms with Gasteiger partial charge in [0, 0.05) is 35.0 Å². The van der Waals surface area contributed by atoms with E-state index in [4.69, 9.17) is 14.2 Å². The number of nitro groups is 1. The Hall–Kier alpha value is -6.30. The van der Waals surface area contributed by atoms with Gasteiger partial charge in [-0.15, -0.1) is 0 Å². The maximum Gasteiger partial charge on any atom is 0.336 e. The van der Waals surface area contributed by atoms with Gasteiger partial charge in [-0.3, -0.25) is 19.7 Å². The Kier molecular flexibility index (Phi) is 10.7. The number of carbonyl (C=O) groups excluding carboxylic acids is 3. The van der Waals surface area contributed by atoms with Crippen molar-refractivity contribution >= 4 is 41.4 Å². The Bertz CT molecular complexity index is 1780. The monoisotopic (exact) mass is 608 g/mol. The minimum atomic E-state index is -0.710. The molecule has 45 heavy (non-hydrogen) atoms. The number of nitrogens with zero attached hydrogens (tertiary/aromatic N) is 2. The molecular weight excluding hydrogens is 580 g/mol. The third-order valence-corrected chi connectivity index (χ3v) is 6.07. The van der Waals surface area contributed by atoms with E-state index in [1.165, 1.54) is 49.7 Å². The topological polar surface area (TPSA) is 158 Å². The summed E-state index contributed by atoms with van der Waals surface area (Å²) >= 11 is 0. The van der Waals surface area contributed by atoms with E-state index in [-0.39, 0.29) is 35.3 Å². The first kappa shape index (κ1) is 31.6. The van der Waals surface area contributed by atoms with E-state index in [0.717, 1.165) is 6.08 Å². The van der Waals surface area contributed by atoms with Crippen molar-refractivity contribution < 1.29 is 33.5 Å². The molecule has 4 aromatic rings. The highest BCUT2D eigenvalue weighted by molar-refractivity contribution is 6.05. The molecule has 0 fully saturated rings. The van der Waals surface area contributed by atoms with E-state index in [9.17, 15) is 24.5 Å². The molecular formula is C33H28N4O8. The van der Waals surface area contributed by atoms with Crippen LogP contribution in [0.1, 0.15) is 38.8 Å². The predicted octanol–water partition coefficient (Wildman–Crippen LogP) is 5.64. The lowest BCUT2D eigenvalue weighted by Gasteiger charge is -2.10. The highest BCUT2D eigenvalue weighted by Crippen LogP contribution is 2.28. The number of hydrazone groups is 1. The number of nitro benzene ring substituents is 1. The van der Waals surface area contributed by atoms with Gasteiger partial charge in [0.25, 0.3) is 17.5 Å². The SMILES string of the molecule is CCOc1cc(C=NNC(=O)c2cccc(NC(=O)c3cccc(OC)c3)c2)ccc1OC(=O)/C=C/c1cccc([N+](=O)[O-])c1. The molecule has 0 atom stereocenters. The molecule has 0 saturated heterocycles. The van der Waals surface area contributed by atoms with Crippen LogP contribution in [0.15, 0.2) is 102 Å². The van der Waals surface area contributed by atoms with Crippen LogP contribution in [0.3, 0.4) is 0 Å². The fraction of sp³-hybridized carbons (Fsp3) is 0.0909. The molecule has 0 saturated carbocycles. The van der Waals surface area contributed by atoms with Gasteiger partial charge in [0.05, 0.1) is 24.9 Å². The van der Waals surface area contributed by atoms with Crippen LogP contribution in [-0.2, 0) is 4.79 Å². The van der Waals surface area contributed by atoms with Crippen molar-refractivity contribution in [1.29, 1.82) is 0 Å². The number of methoxy groups -OCH3 is 1. The zero-order valence-electron chi connectivity index (χ0n) is 24.3. The van der Waals surface area contributed by atoms with Crippen LogP contribution in [0.2, 0.25) is 0 Å². The molecule has 0 bridgehead atoms. The second-order valence-electron chi connectivity index (χ2n) is 9.21.